The molecule has 0 unspecified atom stereocenters. The molecule has 0 bridgehead atoms. The molecule has 0 saturated heterocycles. The van der Waals surface area contributed by atoms with Gasteiger partial charge in [0.1, 0.15) is 17.0 Å². The molecule has 7 heteroatoms. The van der Waals surface area contributed by atoms with Crippen LogP contribution in [-0.2, 0) is 4.79 Å². The Morgan fingerprint density at radius 2 is 2.18 bits per heavy atom. The van der Waals surface area contributed by atoms with Crippen LogP contribution in [0.2, 0.25) is 0 Å². The first-order valence-corrected chi connectivity index (χ1v) is 7.56. The maximum atomic E-state index is 11.8. The van der Waals surface area contributed by atoms with Gasteiger partial charge in [0, 0.05) is 0 Å². The maximum Gasteiger partial charge on any atom is 0.257 e. The predicted molar refractivity (Wildman–Crippen MR) is 83.8 cm³/mol. The first-order valence-electron chi connectivity index (χ1n) is 6.58. The van der Waals surface area contributed by atoms with Crippen LogP contribution in [0.25, 0.3) is 11.1 Å². The molecule has 0 saturated carbocycles. The minimum atomic E-state index is -0.238. The molecule has 0 radical (unpaired) electrons. The number of thioether (sulfide) groups is 1. The molecule has 3 rings (SSSR count). The van der Waals surface area contributed by atoms with Gasteiger partial charge in [-0.2, -0.15) is 5.10 Å². The van der Waals surface area contributed by atoms with Crippen molar-refractivity contribution >= 4 is 34.5 Å². The highest BCUT2D eigenvalue weighted by Gasteiger charge is 2.09. The highest BCUT2D eigenvalue weighted by molar-refractivity contribution is 7.99. The van der Waals surface area contributed by atoms with Gasteiger partial charge in [-0.25, -0.2) is 10.4 Å². The van der Waals surface area contributed by atoms with E-state index in [1.165, 1.54) is 11.8 Å². The molecule has 0 aliphatic heterocycles. The van der Waals surface area contributed by atoms with Gasteiger partial charge in [0.2, 0.25) is 0 Å². The highest BCUT2D eigenvalue weighted by Crippen LogP contribution is 2.22. The number of hydrogen-bond acceptors (Lipinski definition) is 6. The average Bonchev–Trinajstić information content (AvgIpc) is 3.19. The van der Waals surface area contributed by atoms with Crippen LogP contribution in [0.15, 0.2) is 61.8 Å². The van der Waals surface area contributed by atoms with Gasteiger partial charge >= 0.3 is 0 Å². The Kier molecular flexibility index (Phi) is 4.24. The summed E-state index contributed by atoms with van der Waals surface area (Å²) in [5, 5.41) is 4.44. The summed E-state index contributed by atoms with van der Waals surface area (Å²) in [6, 6.07) is 11.0. The Bertz CT molecular complexity index is 775. The maximum absolute atomic E-state index is 11.8. The fourth-order valence-corrected chi connectivity index (χ4v) is 2.39. The lowest BCUT2D eigenvalue weighted by Crippen LogP contribution is -2.21. The van der Waals surface area contributed by atoms with Crippen LogP contribution in [0.1, 0.15) is 12.7 Å². The second kappa shape index (κ2) is 6.48. The number of nitrogens with zero attached hydrogens (tertiary/aromatic N) is 2. The molecule has 112 valence electrons. The number of para-hydroxylation sites is 2. The number of furan rings is 1. The van der Waals surface area contributed by atoms with Crippen LogP contribution in [0.4, 0.5) is 0 Å². The molecule has 0 atom stereocenters. The summed E-state index contributed by atoms with van der Waals surface area (Å²) >= 11 is 1.22. The Morgan fingerprint density at radius 3 is 2.95 bits per heavy atom. The van der Waals surface area contributed by atoms with Gasteiger partial charge in [-0.05, 0) is 31.2 Å². The Labute approximate surface area is 130 Å². The number of hydrogen-bond donors (Lipinski definition) is 1. The number of oxazole rings is 1. The van der Waals surface area contributed by atoms with Crippen molar-refractivity contribution in [3.05, 3.63) is 48.4 Å². The molecule has 0 fully saturated rings. The van der Waals surface area contributed by atoms with E-state index in [1.54, 1.807) is 25.3 Å². The minimum Gasteiger partial charge on any atom is -0.463 e. The number of benzene rings is 1. The first kappa shape index (κ1) is 14.4. The lowest BCUT2D eigenvalue weighted by atomic mass is 10.3. The number of carbonyl (C=O) groups is 1. The van der Waals surface area contributed by atoms with Crippen molar-refractivity contribution in [2.45, 2.75) is 12.1 Å². The van der Waals surface area contributed by atoms with Gasteiger partial charge in [-0.1, -0.05) is 23.9 Å². The van der Waals surface area contributed by atoms with E-state index in [4.69, 9.17) is 8.83 Å². The van der Waals surface area contributed by atoms with Crippen LogP contribution < -0.4 is 5.43 Å². The summed E-state index contributed by atoms with van der Waals surface area (Å²) in [4.78, 5) is 16.1. The second-order valence-corrected chi connectivity index (χ2v) is 5.37. The van der Waals surface area contributed by atoms with Crippen molar-refractivity contribution in [3.8, 4) is 0 Å². The predicted octanol–water partition coefficient (Wildman–Crippen LogP) is 3.05. The second-order valence-electron chi connectivity index (χ2n) is 4.45. The van der Waals surface area contributed by atoms with E-state index < -0.39 is 0 Å². The highest BCUT2D eigenvalue weighted by atomic mass is 32.2. The number of fused-ring (bicyclic) bond motifs is 1. The summed E-state index contributed by atoms with van der Waals surface area (Å²) in [6.45, 7) is 1.76. The normalized spacial score (nSPS) is 11.8. The lowest BCUT2D eigenvalue weighted by Gasteiger charge is -1.99. The van der Waals surface area contributed by atoms with Crippen molar-refractivity contribution in [1.29, 1.82) is 0 Å². The Balaban J connectivity index is 1.55. The number of hydrazone groups is 1. The smallest absolute Gasteiger partial charge is 0.257 e. The number of nitrogens with one attached hydrogen (secondary N) is 1. The largest absolute Gasteiger partial charge is 0.463 e. The summed E-state index contributed by atoms with van der Waals surface area (Å²) in [5.41, 5.74) is 4.56. The van der Waals surface area contributed by atoms with Gasteiger partial charge in [0.25, 0.3) is 11.1 Å². The molecule has 1 aromatic carbocycles. The van der Waals surface area contributed by atoms with Crippen LogP contribution in [-0.4, -0.2) is 22.4 Å². The summed E-state index contributed by atoms with van der Waals surface area (Å²) < 4.78 is 10.7. The van der Waals surface area contributed by atoms with Gasteiger partial charge in [0.05, 0.1) is 12.0 Å². The topological polar surface area (TPSA) is 80.6 Å². The zero-order valence-electron chi connectivity index (χ0n) is 11.8. The molecule has 1 amide bonds. The number of amides is 1. The average molecular weight is 315 g/mol. The number of carbonyl (C=O) groups excluding carboxylic acids is 1. The van der Waals surface area contributed by atoms with E-state index in [-0.39, 0.29) is 11.7 Å². The van der Waals surface area contributed by atoms with Crippen molar-refractivity contribution in [2.75, 3.05) is 5.75 Å². The van der Waals surface area contributed by atoms with E-state index >= 15 is 0 Å². The minimum absolute atomic E-state index is 0.168. The molecule has 1 N–H and O–H groups in total. The molecular formula is C15H13N3O3S. The quantitative estimate of drug-likeness (QED) is 0.444. The molecular weight excluding hydrogens is 302 g/mol. The Hall–Kier alpha value is -2.54. The third kappa shape index (κ3) is 3.37. The van der Waals surface area contributed by atoms with Crippen LogP contribution in [0, 0.1) is 0 Å². The van der Waals surface area contributed by atoms with Gasteiger partial charge < -0.3 is 8.83 Å². The molecule has 22 heavy (non-hydrogen) atoms. The lowest BCUT2D eigenvalue weighted by molar-refractivity contribution is -0.118. The van der Waals surface area contributed by atoms with E-state index in [2.05, 4.69) is 15.5 Å². The summed E-state index contributed by atoms with van der Waals surface area (Å²) in [7, 11) is 0. The van der Waals surface area contributed by atoms with E-state index in [0.29, 0.717) is 22.3 Å². The zero-order valence-corrected chi connectivity index (χ0v) is 12.6. The molecule has 2 aromatic heterocycles. The zero-order chi connectivity index (χ0) is 15.4. The molecule has 6 nitrogen and oxygen atoms in total. The van der Waals surface area contributed by atoms with Crippen molar-refractivity contribution in [3.63, 3.8) is 0 Å². The van der Waals surface area contributed by atoms with E-state index in [9.17, 15) is 4.79 Å². The molecule has 0 aliphatic carbocycles. The number of aromatic nitrogens is 1. The van der Waals surface area contributed by atoms with Gasteiger partial charge in [-0.3, -0.25) is 4.79 Å². The van der Waals surface area contributed by atoms with Crippen molar-refractivity contribution in [2.24, 2.45) is 5.10 Å². The molecule has 3 aromatic rings. The fraction of sp³-hybridized carbons (Fsp3) is 0.133. The third-order valence-corrected chi connectivity index (χ3v) is 3.66. The fourth-order valence-electron chi connectivity index (χ4n) is 1.76. The van der Waals surface area contributed by atoms with E-state index in [0.717, 1.165) is 5.52 Å². The van der Waals surface area contributed by atoms with Gasteiger partial charge in [0.15, 0.2) is 5.58 Å². The van der Waals surface area contributed by atoms with Crippen LogP contribution in [0.5, 0.6) is 0 Å². The summed E-state index contributed by atoms with van der Waals surface area (Å²) in [5.74, 6) is 0.548. The van der Waals surface area contributed by atoms with Crippen LogP contribution >= 0.6 is 11.8 Å². The van der Waals surface area contributed by atoms with Gasteiger partial charge in [-0.15, -0.1) is 0 Å². The summed E-state index contributed by atoms with van der Waals surface area (Å²) in [6.07, 6.45) is 1.55. The monoisotopic (exact) mass is 315 g/mol. The SMILES string of the molecule is C/C(=N\NC(=O)CSc1nc2ccccc2o1)c1ccco1. The van der Waals surface area contributed by atoms with Crippen molar-refractivity contribution in [1.82, 2.24) is 10.4 Å². The number of rotatable bonds is 5. The van der Waals surface area contributed by atoms with E-state index in [1.807, 2.05) is 24.3 Å². The Morgan fingerprint density at radius 1 is 1.32 bits per heavy atom. The van der Waals surface area contributed by atoms with Crippen molar-refractivity contribution < 1.29 is 13.6 Å². The standard InChI is InChI=1S/C15H13N3O3S/c1-10(12-7-4-8-20-12)17-18-14(19)9-22-15-16-11-5-2-3-6-13(11)21-15/h2-8H,9H2,1H3,(H,18,19)/b17-10+. The first-order chi connectivity index (χ1) is 10.7. The molecule has 2 heterocycles. The molecule has 0 spiro atoms. The van der Waals surface area contributed by atoms with Crippen LogP contribution in [0.3, 0.4) is 0 Å². The third-order valence-electron chi connectivity index (χ3n) is 2.83. The molecule has 0 aliphatic rings.